The van der Waals surface area contributed by atoms with Gasteiger partial charge in [-0.25, -0.2) is 9.97 Å². The number of nitrogens with zero attached hydrogens (tertiary/aromatic N) is 2. The fourth-order valence-corrected chi connectivity index (χ4v) is 1.97. The van der Waals surface area contributed by atoms with E-state index in [2.05, 4.69) is 9.97 Å². The van der Waals surface area contributed by atoms with E-state index >= 15 is 0 Å². The highest BCUT2D eigenvalue weighted by atomic mass is 35.5. The Morgan fingerprint density at radius 1 is 1.28 bits per heavy atom. The minimum absolute atomic E-state index is 0.118. The third kappa shape index (κ3) is 2.65. The highest BCUT2D eigenvalue weighted by Crippen LogP contribution is 2.25. The molecule has 18 heavy (non-hydrogen) atoms. The number of halogens is 1. The Morgan fingerprint density at radius 2 is 1.94 bits per heavy atom. The molecule has 0 aliphatic heterocycles. The van der Waals surface area contributed by atoms with Gasteiger partial charge in [0.2, 0.25) is 5.28 Å². The van der Waals surface area contributed by atoms with Crippen molar-refractivity contribution < 1.29 is 9.90 Å². The topological polar surface area (TPSA) is 63.1 Å². The van der Waals surface area contributed by atoms with Crippen LogP contribution in [0.25, 0.3) is 11.3 Å². The molecule has 1 heterocycles. The number of hydrogen-bond donors (Lipinski definition) is 1. The molecule has 0 radical (unpaired) electrons. The summed E-state index contributed by atoms with van der Waals surface area (Å²) in [5.74, 6) is -0.916. The molecule has 1 N–H and O–H groups in total. The van der Waals surface area contributed by atoms with Gasteiger partial charge in [-0.1, -0.05) is 30.3 Å². The second kappa shape index (κ2) is 5.14. The van der Waals surface area contributed by atoms with E-state index in [1.54, 1.807) is 6.92 Å². The normalized spacial score (nSPS) is 10.3. The van der Waals surface area contributed by atoms with Crippen molar-refractivity contribution in [2.24, 2.45) is 0 Å². The van der Waals surface area contributed by atoms with Gasteiger partial charge < -0.3 is 5.11 Å². The number of hydrogen-bond acceptors (Lipinski definition) is 3. The van der Waals surface area contributed by atoms with Crippen LogP contribution in [0, 0.1) is 6.92 Å². The van der Waals surface area contributed by atoms with Gasteiger partial charge >= 0.3 is 5.97 Å². The van der Waals surface area contributed by atoms with Gasteiger partial charge in [0, 0.05) is 16.8 Å². The Kier molecular flexibility index (Phi) is 3.58. The number of benzene rings is 1. The summed E-state index contributed by atoms with van der Waals surface area (Å²) in [7, 11) is 0. The van der Waals surface area contributed by atoms with E-state index in [9.17, 15) is 4.79 Å². The predicted molar refractivity (Wildman–Crippen MR) is 68.6 cm³/mol. The maximum atomic E-state index is 10.9. The Balaban J connectivity index is 2.61. The van der Waals surface area contributed by atoms with Crippen molar-refractivity contribution in [3.63, 3.8) is 0 Å². The van der Waals surface area contributed by atoms with Crippen molar-refractivity contribution >= 4 is 17.6 Å². The number of carbonyl (C=O) groups is 1. The van der Waals surface area contributed by atoms with E-state index in [1.165, 1.54) is 0 Å². The lowest BCUT2D eigenvalue weighted by molar-refractivity contribution is -0.136. The van der Waals surface area contributed by atoms with Gasteiger partial charge in [-0.05, 0) is 18.5 Å². The summed E-state index contributed by atoms with van der Waals surface area (Å²) in [6.07, 6.45) is -0.118. The van der Waals surface area contributed by atoms with Crippen LogP contribution >= 0.6 is 11.6 Å². The van der Waals surface area contributed by atoms with Crippen LogP contribution in [0.2, 0.25) is 5.28 Å². The van der Waals surface area contributed by atoms with E-state index < -0.39 is 5.97 Å². The second-order valence-electron chi connectivity index (χ2n) is 3.84. The molecule has 1 aromatic carbocycles. The van der Waals surface area contributed by atoms with Crippen molar-refractivity contribution in [2.75, 3.05) is 0 Å². The largest absolute Gasteiger partial charge is 0.481 e. The van der Waals surface area contributed by atoms with Crippen LogP contribution in [0.1, 0.15) is 11.3 Å². The molecule has 92 valence electrons. The molecule has 0 saturated heterocycles. The molecule has 0 spiro atoms. The summed E-state index contributed by atoms with van der Waals surface area (Å²) in [6, 6.07) is 9.35. The van der Waals surface area contributed by atoms with Crippen LogP contribution in [-0.4, -0.2) is 21.0 Å². The summed E-state index contributed by atoms with van der Waals surface area (Å²) in [5.41, 5.74) is 2.60. The lowest BCUT2D eigenvalue weighted by Crippen LogP contribution is -2.07. The summed E-state index contributed by atoms with van der Waals surface area (Å²) in [4.78, 5) is 19.1. The first-order valence-corrected chi connectivity index (χ1v) is 5.76. The Bertz CT molecular complexity index is 585. The Hall–Kier alpha value is -1.94. The Morgan fingerprint density at radius 3 is 2.56 bits per heavy atom. The zero-order valence-electron chi connectivity index (χ0n) is 9.72. The molecule has 4 nitrogen and oxygen atoms in total. The molecule has 1 aromatic heterocycles. The van der Waals surface area contributed by atoms with Gasteiger partial charge in [0.15, 0.2) is 0 Å². The third-order valence-electron chi connectivity index (χ3n) is 2.56. The average Bonchev–Trinajstić information content (AvgIpc) is 2.33. The average molecular weight is 263 g/mol. The summed E-state index contributed by atoms with van der Waals surface area (Å²) in [5, 5.41) is 9.07. The molecule has 5 heteroatoms. The predicted octanol–water partition coefficient (Wildman–Crippen LogP) is 2.73. The van der Waals surface area contributed by atoms with Gasteiger partial charge in [0.1, 0.15) is 0 Å². The zero-order valence-corrected chi connectivity index (χ0v) is 10.5. The van der Waals surface area contributed by atoms with Gasteiger partial charge in [-0.2, -0.15) is 0 Å². The number of aryl methyl sites for hydroxylation is 1. The fourth-order valence-electron chi connectivity index (χ4n) is 1.76. The first-order valence-electron chi connectivity index (χ1n) is 5.38. The number of rotatable bonds is 3. The van der Waals surface area contributed by atoms with Gasteiger partial charge in [0.05, 0.1) is 12.1 Å². The SMILES string of the molecule is Cc1nc(Cl)nc(-c2ccccc2)c1CC(=O)O. The molecule has 0 aliphatic rings. The third-order valence-corrected chi connectivity index (χ3v) is 2.73. The van der Waals surface area contributed by atoms with E-state index in [-0.39, 0.29) is 11.7 Å². The van der Waals surface area contributed by atoms with Crippen molar-refractivity contribution in [3.05, 3.63) is 46.9 Å². The molecule has 0 saturated carbocycles. The molecule has 0 amide bonds. The zero-order chi connectivity index (χ0) is 13.1. The first kappa shape index (κ1) is 12.5. The summed E-state index contributed by atoms with van der Waals surface area (Å²) < 4.78 is 0. The number of carboxylic acid groups (broad SMARTS) is 1. The molecular formula is C13H11ClN2O2. The first-order chi connectivity index (χ1) is 8.58. The van der Waals surface area contributed by atoms with Gasteiger partial charge in [-0.3, -0.25) is 4.79 Å². The molecule has 2 rings (SSSR count). The van der Waals surface area contributed by atoms with Crippen molar-refractivity contribution in [1.29, 1.82) is 0 Å². The van der Waals surface area contributed by atoms with Gasteiger partial charge in [0.25, 0.3) is 0 Å². The van der Waals surface area contributed by atoms with Crippen LogP contribution in [0.5, 0.6) is 0 Å². The monoisotopic (exact) mass is 262 g/mol. The van der Waals surface area contributed by atoms with Crippen LogP contribution in [-0.2, 0) is 11.2 Å². The molecule has 0 atom stereocenters. The molecule has 0 fully saturated rings. The minimum Gasteiger partial charge on any atom is -0.481 e. The molecule has 0 bridgehead atoms. The summed E-state index contributed by atoms with van der Waals surface area (Å²) >= 11 is 5.84. The van der Waals surface area contributed by atoms with Crippen molar-refractivity contribution in [1.82, 2.24) is 9.97 Å². The van der Waals surface area contributed by atoms with E-state index in [0.717, 1.165) is 5.56 Å². The van der Waals surface area contributed by atoms with Crippen molar-refractivity contribution in [2.45, 2.75) is 13.3 Å². The van der Waals surface area contributed by atoms with Gasteiger partial charge in [-0.15, -0.1) is 0 Å². The standard InChI is InChI=1S/C13H11ClN2O2/c1-8-10(7-11(17)18)12(16-13(14)15-8)9-5-3-2-4-6-9/h2-6H,7H2,1H3,(H,17,18). The van der Waals surface area contributed by atoms with Crippen LogP contribution in [0.4, 0.5) is 0 Å². The molecular weight excluding hydrogens is 252 g/mol. The highest BCUT2D eigenvalue weighted by molar-refractivity contribution is 6.28. The molecule has 0 unspecified atom stereocenters. The van der Waals surface area contributed by atoms with E-state index in [4.69, 9.17) is 16.7 Å². The molecule has 0 aliphatic carbocycles. The minimum atomic E-state index is -0.916. The number of aromatic nitrogens is 2. The van der Waals surface area contributed by atoms with E-state index in [0.29, 0.717) is 17.0 Å². The maximum absolute atomic E-state index is 10.9. The quantitative estimate of drug-likeness (QED) is 0.864. The smallest absolute Gasteiger partial charge is 0.307 e. The molecule has 2 aromatic rings. The van der Waals surface area contributed by atoms with Crippen LogP contribution in [0.3, 0.4) is 0 Å². The number of carboxylic acids is 1. The van der Waals surface area contributed by atoms with Crippen LogP contribution < -0.4 is 0 Å². The van der Waals surface area contributed by atoms with E-state index in [1.807, 2.05) is 30.3 Å². The second-order valence-corrected chi connectivity index (χ2v) is 4.18. The Labute approximate surface area is 109 Å². The van der Waals surface area contributed by atoms with Crippen molar-refractivity contribution in [3.8, 4) is 11.3 Å². The van der Waals surface area contributed by atoms with Crippen LogP contribution in [0.15, 0.2) is 30.3 Å². The summed E-state index contributed by atoms with van der Waals surface area (Å²) in [6.45, 7) is 1.73. The fraction of sp³-hybridized carbons (Fsp3) is 0.154. The lowest BCUT2D eigenvalue weighted by atomic mass is 10.0. The highest BCUT2D eigenvalue weighted by Gasteiger charge is 2.15. The lowest BCUT2D eigenvalue weighted by Gasteiger charge is -2.10. The maximum Gasteiger partial charge on any atom is 0.307 e. The number of aliphatic carboxylic acids is 1.